The molecule has 1 aliphatic rings. The molecule has 0 saturated carbocycles. The van der Waals surface area contributed by atoms with E-state index in [9.17, 15) is 0 Å². The number of para-hydroxylation sites is 1. The SMILES string of the molecule is CCCNCc1cn(CC2CCOc3ccccc32)nn1. The number of nitrogens with one attached hydrogen (secondary N) is 1. The van der Waals surface area contributed by atoms with Gasteiger partial charge in [-0.05, 0) is 31.0 Å². The van der Waals surface area contributed by atoms with Crippen molar-refractivity contribution in [1.82, 2.24) is 20.3 Å². The Morgan fingerprint density at radius 2 is 2.29 bits per heavy atom. The molecule has 0 bridgehead atoms. The van der Waals surface area contributed by atoms with Crippen LogP contribution in [-0.4, -0.2) is 28.1 Å². The Balaban J connectivity index is 1.65. The standard InChI is InChI=1S/C16H22N4O/c1-2-8-17-10-14-12-20(19-18-14)11-13-7-9-21-16-6-4-3-5-15(13)16/h3-6,12-13,17H,2,7-11H2,1H3. The number of nitrogens with zero attached hydrogens (tertiary/aromatic N) is 3. The maximum atomic E-state index is 5.71. The number of benzene rings is 1. The van der Waals surface area contributed by atoms with E-state index in [2.05, 4.69) is 34.7 Å². The predicted octanol–water partition coefficient (Wildman–Crippen LogP) is 2.34. The third-order valence-electron chi connectivity index (χ3n) is 3.81. The highest BCUT2D eigenvalue weighted by Crippen LogP contribution is 2.34. The normalized spacial score (nSPS) is 17.3. The molecule has 21 heavy (non-hydrogen) atoms. The Morgan fingerprint density at radius 3 is 3.19 bits per heavy atom. The molecule has 0 aliphatic carbocycles. The number of rotatable bonds is 6. The van der Waals surface area contributed by atoms with Gasteiger partial charge in [0.1, 0.15) is 5.75 Å². The molecule has 0 spiro atoms. The summed E-state index contributed by atoms with van der Waals surface area (Å²) in [5.41, 5.74) is 2.29. The number of hydrogen-bond donors (Lipinski definition) is 1. The zero-order valence-corrected chi connectivity index (χ0v) is 12.5. The number of hydrogen-bond acceptors (Lipinski definition) is 4. The van der Waals surface area contributed by atoms with Crippen molar-refractivity contribution in [2.24, 2.45) is 0 Å². The lowest BCUT2D eigenvalue weighted by Gasteiger charge is -2.25. The second-order valence-electron chi connectivity index (χ2n) is 5.48. The van der Waals surface area contributed by atoms with Gasteiger partial charge in [-0.25, -0.2) is 0 Å². The monoisotopic (exact) mass is 286 g/mol. The van der Waals surface area contributed by atoms with Crippen LogP contribution in [0, 0.1) is 0 Å². The van der Waals surface area contributed by atoms with Gasteiger partial charge in [-0.3, -0.25) is 4.68 Å². The molecule has 1 aromatic heterocycles. The zero-order chi connectivity index (χ0) is 14.5. The van der Waals surface area contributed by atoms with Crippen LogP contribution in [-0.2, 0) is 13.1 Å². The summed E-state index contributed by atoms with van der Waals surface area (Å²) in [4.78, 5) is 0. The quantitative estimate of drug-likeness (QED) is 0.828. The van der Waals surface area contributed by atoms with Gasteiger partial charge in [0.2, 0.25) is 0 Å². The molecule has 1 unspecified atom stereocenters. The van der Waals surface area contributed by atoms with Crippen molar-refractivity contribution in [2.75, 3.05) is 13.2 Å². The van der Waals surface area contributed by atoms with Crippen molar-refractivity contribution in [3.63, 3.8) is 0 Å². The second kappa shape index (κ2) is 6.72. The molecule has 2 heterocycles. The lowest BCUT2D eigenvalue weighted by molar-refractivity contribution is 0.256. The van der Waals surface area contributed by atoms with Crippen molar-refractivity contribution in [3.05, 3.63) is 41.7 Å². The molecule has 0 radical (unpaired) electrons. The van der Waals surface area contributed by atoms with E-state index in [1.165, 1.54) is 5.56 Å². The fourth-order valence-electron chi connectivity index (χ4n) is 2.73. The summed E-state index contributed by atoms with van der Waals surface area (Å²) in [5.74, 6) is 1.46. The first-order valence-electron chi connectivity index (χ1n) is 7.68. The fourth-order valence-corrected chi connectivity index (χ4v) is 2.73. The molecule has 0 amide bonds. The van der Waals surface area contributed by atoms with E-state index in [-0.39, 0.29) is 0 Å². The first kappa shape index (κ1) is 14.1. The van der Waals surface area contributed by atoms with E-state index in [0.717, 1.165) is 50.5 Å². The number of ether oxygens (including phenoxy) is 1. The Bertz CT molecular complexity index is 581. The first-order valence-corrected chi connectivity index (χ1v) is 7.68. The van der Waals surface area contributed by atoms with Gasteiger partial charge < -0.3 is 10.1 Å². The maximum absolute atomic E-state index is 5.71. The Hall–Kier alpha value is -1.88. The molecule has 2 aromatic rings. The highest BCUT2D eigenvalue weighted by atomic mass is 16.5. The largest absolute Gasteiger partial charge is 0.493 e. The molecule has 5 nitrogen and oxygen atoms in total. The fraction of sp³-hybridized carbons (Fsp3) is 0.500. The molecule has 5 heteroatoms. The molecule has 0 fully saturated rings. The Kier molecular flexibility index (Phi) is 4.50. The summed E-state index contributed by atoms with van der Waals surface area (Å²) >= 11 is 0. The molecular formula is C16H22N4O. The molecule has 1 N–H and O–H groups in total. The van der Waals surface area contributed by atoms with Crippen LogP contribution in [0.2, 0.25) is 0 Å². The number of fused-ring (bicyclic) bond motifs is 1. The van der Waals surface area contributed by atoms with Crippen LogP contribution in [0.15, 0.2) is 30.5 Å². The topological polar surface area (TPSA) is 52.0 Å². The van der Waals surface area contributed by atoms with E-state index in [1.54, 1.807) is 0 Å². The molecule has 1 aromatic carbocycles. The van der Waals surface area contributed by atoms with Gasteiger partial charge in [0.25, 0.3) is 0 Å². The zero-order valence-electron chi connectivity index (χ0n) is 12.5. The van der Waals surface area contributed by atoms with Gasteiger partial charge in [-0.2, -0.15) is 0 Å². The van der Waals surface area contributed by atoms with Gasteiger partial charge in [-0.1, -0.05) is 30.3 Å². The van der Waals surface area contributed by atoms with Crippen LogP contribution >= 0.6 is 0 Å². The summed E-state index contributed by atoms with van der Waals surface area (Å²) in [6.45, 7) is 5.60. The third kappa shape index (κ3) is 3.42. The minimum atomic E-state index is 0.452. The molecule has 1 aliphatic heterocycles. The molecule has 1 atom stereocenters. The Morgan fingerprint density at radius 1 is 1.38 bits per heavy atom. The van der Waals surface area contributed by atoms with Crippen LogP contribution < -0.4 is 10.1 Å². The van der Waals surface area contributed by atoms with E-state index in [1.807, 2.05) is 23.0 Å². The van der Waals surface area contributed by atoms with Crippen LogP contribution in [0.25, 0.3) is 0 Å². The Labute approximate surface area is 125 Å². The summed E-state index contributed by atoms with van der Waals surface area (Å²) in [6.07, 6.45) is 4.20. The van der Waals surface area contributed by atoms with Gasteiger partial charge >= 0.3 is 0 Å². The van der Waals surface area contributed by atoms with E-state index >= 15 is 0 Å². The molecular weight excluding hydrogens is 264 g/mol. The summed E-state index contributed by atoms with van der Waals surface area (Å²) < 4.78 is 7.66. The third-order valence-corrected chi connectivity index (χ3v) is 3.81. The van der Waals surface area contributed by atoms with Crippen LogP contribution in [0.3, 0.4) is 0 Å². The molecule has 112 valence electrons. The van der Waals surface area contributed by atoms with Gasteiger partial charge in [0, 0.05) is 25.2 Å². The van der Waals surface area contributed by atoms with Crippen molar-refractivity contribution in [2.45, 2.75) is 38.8 Å². The van der Waals surface area contributed by atoms with Crippen molar-refractivity contribution in [3.8, 4) is 5.75 Å². The molecule has 0 saturated heterocycles. The average molecular weight is 286 g/mol. The van der Waals surface area contributed by atoms with E-state index < -0.39 is 0 Å². The van der Waals surface area contributed by atoms with Crippen LogP contribution in [0.4, 0.5) is 0 Å². The lowest BCUT2D eigenvalue weighted by Crippen LogP contribution is -2.19. The van der Waals surface area contributed by atoms with Crippen molar-refractivity contribution in [1.29, 1.82) is 0 Å². The van der Waals surface area contributed by atoms with Crippen molar-refractivity contribution < 1.29 is 4.74 Å². The first-order chi connectivity index (χ1) is 10.4. The predicted molar refractivity (Wildman–Crippen MR) is 81.3 cm³/mol. The highest BCUT2D eigenvalue weighted by Gasteiger charge is 2.21. The van der Waals surface area contributed by atoms with Gasteiger partial charge in [-0.15, -0.1) is 5.10 Å². The smallest absolute Gasteiger partial charge is 0.122 e. The maximum Gasteiger partial charge on any atom is 0.122 e. The van der Waals surface area contributed by atoms with Crippen LogP contribution in [0.5, 0.6) is 5.75 Å². The average Bonchev–Trinajstić information content (AvgIpc) is 2.96. The van der Waals surface area contributed by atoms with Gasteiger partial charge in [0.05, 0.1) is 12.3 Å². The number of aromatic nitrogens is 3. The van der Waals surface area contributed by atoms with E-state index in [0.29, 0.717) is 5.92 Å². The highest BCUT2D eigenvalue weighted by molar-refractivity contribution is 5.37. The summed E-state index contributed by atoms with van der Waals surface area (Å²) in [5, 5.41) is 11.8. The minimum absolute atomic E-state index is 0.452. The second-order valence-corrected chi connectivity index (χ2v) is 5.48. The minimum Gasteiger partial charge on any atom is -0.493 e. The van der Waals surface area contributed by atoms with Gasteiger partial charge in [0.15, 0.2) is 0 Å². The summed E-state index contributed by atoms with van der Waals surface area (Å²) in [6, 6.07) is 8.29. The van der Waals surface area contributed by atoms with Crippen molar-refractivity contribution >= 4 is 0 Å². The summed E-state index contributed by atoms with van der Waals surface area (Å²) in [7, 11) is 0. The van der Waals surface area contributed by atoms with E-state index in [4.69, 9.17) is 4.74 Å². The van der Waals surface area contributed by atoms with Crippen LogP contribution in [0.1, 0.15) is 36.9 Å². The molecule has 3 rings (SSSR count). The lowest BCUT2D eigenvalue weighted by atomic mass is 9.93.